The van der Waals surface area contributed by atoms with Gasteiger partial charge in [0.1, 0.15) is 0 Å². The Labute approximate surface area is 105 Å². The SMILES string of the molecule is CC(C(=O)O)c1ccc(C2CCOC2)c(Cl)c1. The molecule has 0 spiro atoms. The normalized spacial score (nSPS) is 21.4. The third-order valence-electron chi connectivity index (χ3n) is 3.26. The van der Waals surface area contributed by atoms with Crippen molar-refractivity contribution in [2.75, 3.05) is 13.2 Å². The van der Waals surface area contributed by atoms with Gasteiger partial charge in [-0.05, 0) is 30.5 Å². The summed E-state index contributed by atoms with van der Waals surface area (Å²) < 4.78 is 5.33. The van der Waals surface area contributed by atoms with E-state index in [2.05, 4.69) is 0 Å². The first-order chi connectivity index (χ1) is 8.09. The van der Waals surface area contributed by atoms with Gasteiger partial charge >= 0.3 is 5.97 Å². The van der Waals surface area contributed by atoms with E-state index in [1.54, 1.807) is 13.0 Å². The number of carboxylic acid groups (broad SMARTS) is 1. The molecular weight excluding hydrogens is 240 g/mol. The smallest absolute Gasteiger partial charge is 0.310 e. The summed E-state index contributed by atoms with van der Waals surface area (Å²) in [6.45, 7) is 3.13. The molecule has 2 unspecified atom stereocenters. The van der Waals surface area contributed by atoms with Crippen LogP contribution in [0.1, 0.15) is 36.3 Å². The summed E-state index contributed by atoms with van der Waals surface area (Å²) in [5, 5.41) is 9.59. The predicted octanol–water partition coefficient (Wildman–Crippen LogP) is 3.03. The topological polar surface area (TPSA) is 46.5 Å². The van der Waals surface area contributed by atoms with Crippen molar-refractivity contribution in [3.8, 4) is 0 Å². The summed E-state index contributed by atoms with van der Waals surface area (Å²) >= 11 is 6.21. The van der Waals surface area contributed by atoms with Gasteiger partial charge in [-0.15, -0.1) is 0 Å². The average molecular weight is 255 g/mol. The van der Waals surface area contributed by atoms with Gasteiger partial charge in [0, 0.05) is 17.5 Å². The van der Waals surface area contributed by atoms with Crippen molar-refractivity contribution in [3.63, 3.8) is 0 Å². The van der Waals surface area contributed by atoms with E-state index in [0.717, 1.165) is 24.2 Å². The highest BCUT2D eigenvalue weighted by atomic mass is 35.5. The van der Waals surface area contributed by atoms with Gasteiger partial charge in [-0.25, -0.2) is 0 Å². The van der Waals surface area contributed by atoms with Crippen molar-refractivity contribution in [3.05, 3.63) is 34.3 Å². The lowest BCUT2D eigenvalue weighted by Crippen LogP contribution is -2.08. The molecule has 1 heterocycles. The second-order valence-corrected chi connectivity index (χ2v) is 4.81. The van der Waals surface area contributed by atoms with Gasteiger partial charge < -0.3 is 9.84 Å². The molecule has 1 saturated heterocycles. The van der Waals surface area contributed by atoms with Crippen LogP contribution in [0.15, 0.2) is 18.2 Å². The van der Waals surface area contributed by atoms with Crippen LogP contribution >= 0.6 is 11.6 Å². The third-order valence-corrected chi connectivity index (χ3v) is 3.59. The van der Waals surface area contributed by atoms with E-state index in [4.69, 9.17) is 21.4 Å². The molecule has 2 atom stereocenters. The van der Waals surface area contributed by atoms with Crippen LogP contribution in [-0.2, 0) is 9.53 Å². The molecule has 0 bridgehead atoms. The monoisotopic (exact) mass is 254 g/mol. The number of ether oxygens (including phenoxy) is 1. The second-order valence-electron chi connectivity index (χ2n) is 4.40. The first-order valence-electron chi connectivity index (χ1n) is 5.69. The number of carboxylic acids is 1. The van der Waals surface area contributed by atoms with Crippen LogP contribution in [0.2, 0.25) is 5.02 Å². The third kappa shape index (κ3) is 2.61. The highest BCUT2D eigenvalue weighted by molar-refractivity contribution is 6.31. The molecule has 1 fully saturated rings. The lowest BCUT2D eigenvalue weighted by atomic mass is 9.94. The number of rotatable bonds is 3. The van der Waals surface area contributed by atoms with E-state index in [1.165, 1.54) is 0 Å². The molecule has 1 aromatic rings. The van der Waals surface area contributed by atoms with Crippen LogP contribution in [-0.4, -0.2) is 24.3 Å². The first-order valence-corrected chi connectivity index (χ1v) is 6.07. The second kappa shape index (κ2) is 5.07. The largest absolute Gasteiger partial charge is 0.481 e. The minimum Gasteiger partial charge on any atom is -0.481 e. The van der Waals surface area contributed by atoms with Crippen LogP contribution < -0.4 is 0 Å². The van der Waals surface area contributed by atoms with Crippen LogP contribution in [0, 0.1) is 0 Å². The zero-order valence-electron chi connectivity index (χ0n) is 9.65. The maximum absolute atomic E-state index is 10.9. The van der Waals surface area contributed by atoms with Crippen molar-refractivity contribution < 1.29 is 14.6 Å². The summed E-state index contributed by atoms with van der Waals surface area (Å²) in [5.41, 5.74) is 1.80. The van der Waals surface area contributed by atoms with Crippen molar-refractivity contribution in [1.29, 1.82) is 0 Å². The maximum atomic E-state index is 10.9. The molecule has 1 N–H and O–H groups in total. The van der Waals surface area contributed by atoms with Gasteiger partial charge in [-0.3, -0.25) is 4.79 Å². The van der Waals surface area contributed by atoms with Crippen LogP contribution in [0.5, 0.6) is 0 Å². The molecule has 4 heteroatoms. The molecular formula is C13H15ClO3. The molecule has 1 aromatic carbocycles. The Morgan fingerprint density at radius 1 is 1.59 bits per heavy atom. The van der Waals surface area contributed by atoms with Gasteiger partial charge in [-0.1, -0.05) is 23.7 Å². The lowest BCUT2D eigenvalue weighted by Gasteiger charge is -2.13. The molecule has 0 amide bonds. The number of carbonyl (C=O) groups is 1. The van der Waals surface area contributed by atoms with Gasteiger partial charge in [-0.2, -0.15) is 0 Å². The Hall–Kier alpha value is -1.06. The van der Waals surface area contributed by atoms with Gasteiger partial charge in [0.25, 0.3) is 0 Å². The van der Waals surface area contributed by atoms with Crippen LogP contribution in [0.3, 0.4) is 0 Å². The zero-order valence-corrected chi connectivity index (χ0v) is 10.4. The average Bonchev–Trinajstić information content (AvgIpc) is 2.81. The molecule has 0 aliphatic carbocycles. The standard InChI is InChI=1S/C13H15ClO3/c1-8(13(15)16)9-2-3-11(12(14)6-9)10-4-5-17-7-10/h2-3,6,8,10H,4-5,7H2,1H3,(H,15,16). The summed E-state index contributed by atoms with van der Waals surface area (Å²) in [4.78, 5) is 10.9. The number of benzene rings is 1. The van der Waals surface area contributed by atoms with Gasteiger partial charge in [0.05, 0.1) is 12.5 Å². The molecule has 17 heavy (non-hydrogen) atoms. The first kappa shape index (κ1) is 12.4. The Bertz CT molecular complexity index is 425. The summed E-state index contributed by atoms with van der Waals surface area (Å²) in [7, 11) is 0. The van der Waals surface area contributed by atoms with Crippen LogP contribution in [0.4, 0.5) is 0 Å². The molecule has 2 rings (SSSR count). The van der Waals surface area contributed by atoms with E-state index in [1.807, 2.05) is 12.1 Å². The minimum absolute atomic E-state index is 0.344. The van der Waals surface area contributed by atoms with Crippen molar-refractivity contribution in [2.24, 2.45) is 0 Å². The quantitative estimate of drug-likeness (QED) is 0.902. The predicted molar refractivity (Wildman–Crippen MR) is 65.7 cm³/mol. The molecule has 0 aromatic heterocycles. The van der Waals surface area contributed by atoms with E-state index in [0.29, 0.717) is 17.5 Å². The fourth-order valence-electron chi connectivity index (χ4n) is 2.07. The zero-order chi connectivity index (χ0) is 12.4. The summed E-state index contributed by atoms with van der Waals surface area (Å²) in [6, 6.07) is 5.53. The Morgan fingerprint density at radius 3 is 2.88 bits per heavy atom. The fraction of sp³-hybridized carbons (Fsp3) is 0.462. The summed E-state index contributed by atoms with van der Waals surface area (Å²) in [5.74, 6) is -1.02. The van der Waals surface area contributed by atoms with Crippen molar-refractivity contribution in [1.82, 2.24) is 0 Å². The highest BCUT2D eigenvalue weighted by Gasteiger charge is 2.21. The van der Waals surface area contributed by atoms with E-state index in [9.17, 15) is 4.79 Å². The molecule has 1 aliphatic heterocycles. The number of hydrogen-bond acceptors (Lipinski definition) is 2. The fourth-order valence-corrected chi connectivity index (χ4v) is 2.41. The van der Waals surface area contributed by atoms with Gasteiger partial charge in [0.15, 0.2) is 0 Å². The molecule has 92 valence electrons. The lowest BCUT2D eigenvalue weighted by molar-refractivity contribution is -0.138. The highest BCUT2D eigenvalue weighted by Crippen LogP contribution is 2.32. The molecule has 0 radical (unpaired) electrons. The Kier molecular flexibility index (Phi) is 3.69. The van der Waals surface area contributed by atoms with Crippen molar-refractivity contribution >= 4 is 17.6 Å². The van der Waals surface area contributed by atoms with Crippen LogP contribution in [0.25, 0.3) is 0 Å². The summed E-state index contributed by atoms with van der Waals surface area (Å²) in [6.07, 6.45) is 0.980. The maximum Gasteiger partial charge on any atom is 0.310 e. The number of aliphatic carboxylic acids is 1. The molecule has 3 nitrogen and oxygen atoms in total. The number of hydrogen-bond donors (Lipinski definition) is 1. The number of halogens is 1. The molecule has 0 saturated carbocycles. The Morgan fingerprint density at radius 2 is 2.35 bits per heavy atom. The van der Waals surface area contributed by atoms with E-state index in [-0.39, 0.29) is 0 Å². The van der Waals surface area contributed by atoms with Crippen molar-refractivity contribution in [2.45, 2.75) is 25.2 Å². The minimum atomic E-state index is -0.835. The van der Waals surface area contributed by atoms with E-state index < -0.39 is 11.9 Å². The Balaban J connectivity index is 2.25. The molecule has 1 aliphatic rings. The van der Waals surface area contributed by atoms with E-state index >= 15 is 0 Å². The van der Waals surface area contributed by atoms with Gasteiger partial charge in [0.2, 0.25) is 0 Å².